The number of amides is 2. The predicted octanol–water partition coefficient (Wildman–Crippen LogP) is 6.33. The molecule has 3 aromatic carbocycles. The van der Waals surface area contributed by atoms with Crippen molar-refractivity contribution >= 4 is 17.3 Å². The normalized spacial score (nSPS) is 17.1. The number of hydrogen-bond acceptors (Lipinski definition) is 5. The van der Waals surface area contributed by atoms with Crippen LogP contribution in [0.15, 0.2) is 83.0 Å². The number of nitrogens with one attached hydrogen (secondary N) is 1. The van der Waals surface area contributed by atoms with Crippen LogP contribution in [0.2, 0.25) is 0 Å². The molecule has 2 heterocycles. The number of urea groups is 1. The van der Waals surface area contributed by atoms with Gasteiger partial charge in [0.15, 0.2) is 0 Å². The lowest BCUT2D eigenvalue weighted by atomic mass is 9.94. The molecule has 0 saturated heterocycles. The maximum atomic E-state index is 13.6. The number of carbonyl (C=O) groups excluding carboxylic acids is 1. The first-order chi connectivity index (χ1) is 18.1. The smallest absolute Gasteiger partial charge is 0.326 e. The summed E-state index contributed by atoms with van der Waals surface area (Å²) in [5.74, 6) is 1.66. The Bertz CT molecular complexity index is 1470. The molecular formula is C30H28N4O3. The van der Waals surface area contributed by atoms with E-state index in [1.807, 2.05) is 74.5 Å². The maximum absolute atomic E-state index is 13.6. The quantitative estimate of drug-likeness (QED) is 0.340. The fraction of sp³-hybridized carbons (Fsp3) is 0.233. The Kier molecular flexibility index (Phi) is 5.96. The highest BCUT2D eigenvalue weighted by Crippen LogP contribution is 2.40. The number of aryl methyl sites for hydroxylation is 2. The van der Waals surface area contributed by atoms with Crippen LogP contribution in [0.25, 0.3) is 17.0 Å². The van der Waals surface area contributed by atoms with E-state index in [1.165, 1.54) is 11.1 Å². The van der Waals surface area contributed by atoms with E-state index >= 15 is 0 Å². The Morgan fingerprint density at radius 3 is 2.59 bits per heavy atom. The molecule has 0 fully saturated rings. The second-order valence-corrected chi connectivity index (χ2v) is 9.31. The van der Waals surface area contributed by atoms with Gasteiger partial charge in [-0.05, 0) is 74.1 Å². The van der Waals surface area contributed by atoms with Crippen LogP contribution in [0.1, 0.15) is 48.9 Å². The first kappa shape index (κ1) is 23.0. The van der Waals surface area contributed by atoms with Gasteiger partial charge in [0.2, 0.25) is 5.82 Å². The zero-order valence-corrected chi connectivity index (χ0v) is 20.9. The molecule has 37 heavy (non-hydrogen) atoms. The lowest BCUT2D eigenvalue weighted by molar-refractivity contribution is 0.244. The third-order valence-corrected chi connectivity index (χ3v) is 7.04. The van der Waals surface area contributed by atoms with Crippen molar-refractivity contribution in [3.8, 4) is 17.1 Å². The third kappa shape index (κ3) is 4.27. The van der Waals surface area contributed by atoms with Crippen LogP contribution >= 0.6 is 0 Å². The van der Waals surface area contributed by atoms with Crippen molar-refractivity contribution in [3.63, 3.8) is 0 Å². The van der Waals surface area contributed by atoms with E-state index in [1.54, 1.807) is 4.90 Å². The first-order valence-electron chi connectivity index (χ1n) is 12.7. The monoisotopic (exact) mass is 492 g/mol. The van der Waals surface area contributed by atoms with Crippen LogP contribution in [0.3, 0.4) is 0 Å². The highest BCUT2D eigenvalue weighted by atomic mass is 16.5. The molecule has 0 bridgehead atoms. The molecule has 1 aliphatic heterocycles. The summed E-state index contributed by atoms with van der Waals surface area (Å²) in [6.45, 7) is 4.48. The molecule has 6 rings (SSSR count). The van der Waals surface area contributed by atoms with E-state index in [-0.39, 0.29) is 6.03 Å². The standard InChI is InChI=1S/C30H28N4O3/c1-3-36-25-16-13-21(14-17-25)27-26(29-32-28(33-37-29)22-8-5-4-6-9-22)19(2)34(30(35)31-27)24-15-12-20-10-7-11-23(20)18-24/h4-6,8-9,12-18,27H,3,7,10-11H2,1-2H3,(H,31,35). The SMILES string of the molecule is CCOc1ccc(C2NC(=O)N(c3ccc4c(c3)CCC4)C(C)=C2c2nc(-c3ccccc3)no2)cc1. The summed E-state index contributed by atoms with van der Waals surface area (Å²) >= 11 is 0. The zero-order valence-electron chi connectivity index (χ0n) is 20.9. The Morgan fingerprint density at radius 1 is 1.03 bits per heavy atom. The minimum Gasteiger partial charge on any atom is -0.494 e. The van der Waals surface area contributed by atoms with Gasteiger partial charge < -0.3 is 14.6 Å². The third-order valence-electron chi connectivity index (χ3n) is 7.04. The van der Waals surface area contributed by atoms with Crippen molar-refractivity contribution in [2.75, 3.05) is 11.5 Å². The molecule has 1 unspecified atom stereocenters. The molecule has 4 aromatic rings. The zero-order chi connectivity index (χ0) is 25.4. The van der Waals surface area contributed by atoms with Crippen LogP contribution in [-0.4, -0.2) is 22.8 Å². The Hall–Kier alpha value is -4.39. The van der Waals surface area contributed by atoms with Crippen molar-refractivity contribution in [2.45, 2.75) is 39.2 Å². The average molecular weight is 493 g/mol. The van der Waals surface area contributed by atoms with Crippen molar-refractivity contribution in [2.24, 2.45) is 0 Å². The number of aromatic nitrogens is 2. The van der Waals surface area contributed by atoms with Gasteiger partial charge in [-0.15, -0.1) is 0 Å². The molecular weight excluding hydrogens is 464 g/mol. The minimum atomic E-state index is -0.460. The van der Waals surface area contributed by atoms with Crippen molar-refractivity contribution in [1.29, 1.82) is 0 Å². The molecule has 2 amide bonds. The summed E-state index contributed by atoms with van der Waals surface area (Å²) in [5, 5.41) is 7.44. The summed E-state index contributed by atoms with van der Waals surface area (Å²) < 4.78 is 11.4. The second kappa shape index (κ2) is 9.58. The fourth-order valence-electron chi connectivity index (χ4n) is 5.24. The molecule has 0 radical (unpaired) electrons. The number of fused-ring (bicyclic) bond motifs is 1. The highest BCUT2D eigenvalue weighted by Gasteiger charge is 2.36. The van der Waals surface area contributed by atoms with Gasteiger partial charge in [-0.2, -0.15) is 4.98 Å². The van der Waals surface area contributed by atoms with Gasteiger partial charge in [-0.25, -0.2) is 4.79 Å². The summed E-state index contributed by atoms with van der Waals surface area (Å²) in [5.41, 5.74) is 6.78. The average Bonchev–Trinajstić information content (AvgIpc) is 3.59. The van der Waals surface area contributed by atoms with Crippen molar-refractivity contribution < 1.29 is 14.1 Å². The Labute approximate surface area is 215 Å². The number of hydrogen-bond donors (Lipinski definition) is 1. The van der Waals surface area contributed by atoms with Crippen LogP contribution < -0.4 is 15.0 Å². The van der Waals surface area contributed by atoms with Gasteiger partial charge in [-0.3, -0.25) is 4.90 Å². The van der Waals surface area contributed by atoms with Gasteiger partial charge in [0.05, 0.1) is 23.9 Å². The van der Waals surface area contributed by atoms with Crippen LogP contribution in [0, 0.1) is 0 Å². The number of nitrogens with zero attached hydrogens (tertiary/aromatic N) is 3. The Morgan fingerprint density at radius 2 is 1.81 bits per heavy atom. The van der Waals surface area contributed by atoms with E-state index < -0.39 is 6.04 Å². The van der Waals surface area contributed by atoms with Crippen molar-refractivity contribution in [1.82, 2.24) is 15.5 Å². The van der Waals surface area contributed by atoms with E-state index in [4.69, 9.17) is 14.2 Å². The van der Waals surface area contributed by atoms with Crippen molar-refractivity contribution in [3.05, 3.63) is 101 Å². The number of carbonyl (C=O) groups is 1. The van der Waals surface area contributed by atoms with Crippen LogP contribution in [0.4, 0.5) is 10.5 Å². The molecule has 0 saturated carbocycles. The molecule has 7 heteroatoms. The first-order valence-corrected chi connectivity index (χ1v) is 12.7. The molecule has 186 valence electrons. The lowest BCUT2D eigenvalue weighted by Crippen LogP contribution is -2.46. The number of anilines is 1. The molecule has 7 nitrogen and oxygen atoms in total. The van der Waals surface area contributed by atoms with Crippen LogP contribution in [-0.2, 0) is 12.8 Å². The van der Waals surface area contributed by atoms with E-state index in [0.717, 1.165) is 53.1 Å². The van der Waals surface area contributed by atoms with E-state index in [9.17, 15) is 4.79 Å². The highest BCUT2D eigenvalue weighted by molar-refractivity contribution is 6.01. The summed E-state index contributed by atoms with van der Waals surface area (Å²) in [7, 11) is 0. The van der Waals surface area contributed by atoms with E-state index in [0.29, 0.717) is 18.3 Å². The Balaban J connectivity index is 1.46. The number of allylic oxidation sites excluding steroid dienone is 1. The predicted molar refractivity (Wildman–Crippen MR) is 142 cm³/mol. The number of benzene rings is 3. The van der Waals surface area contributed by atoms with Gasteiger partial charge >= 0.3 is 6.03 Å². The fourth-order valence-corrected chi connectivity index (χ4v) is 5.24. The largest absolute Gasteiger partial charge is 0.494 e. The minimum absolute atomic E-state index is 0.194. The molecule has 1 N–H and O–H groups in total. The van der Waals surface area contributed by atoms with Gasteiger partial charge in [0, 0.05) is 11.3 Å². The lowest BCUT2D eigenvalue weighted by Gasteiger charge is -2.35. The maximum Gasteiger partial charge on any atom is 0.326 e. The van der Waals surface area contributed by atoms with Gasteiger partial charge in [0.1, 0.15) is 5.75 Å². The molecule has 0 spiro atoms. The molecule has 1 atom stereocenters. The number of ether oxygens (including phenoxy) is 1. The second-order valence-electron chi connectivity index (χ2n) is 9.31. The van der Waals surface area contributed by atoms with Gasteiger partial charge in [-0.1, -0.05) is 53.7 Å². The molecule has 2 aliphatic rings. The molecule has 1 aliphatic carbocycles. The molecule has 1 aromatic heterocycles. The van der Waals surface area contributed by atoms with Crippen LogP contribution in [0.5, 0.6) is 5.75 Å². The topological polar surface area (TPSA) is 80.5 Å². The van der Waals surface area contributed by atoms with Gasteiger partial charge in [0.25, 0.3) is 5.89 Å². The number of rotatable bonds is 6. The van der Waals surface area contributed by atoms with E-state index in [2.05, 4.69) is 22.6 Å². The summed E-state index contributed by atoms with van der Waals surface area (Å²) in [6, 6.07) is 23.1. The summed E-state index contributed by atoms with van der Waals surface area (Å²) in [4.78, 5) is 20.0. The summed E-state index contributed by atoms with van der Waals surface area (Å²) in [6.07, 6.45) is 3.27.